The first-order valence-corrected chi connectivity index (χ1v) is 35.1. The number of esters is 4. The lowest BCUT2D eigenvalue weighted by molar-refractivity contribution is -0.161. The van der Waals surface area contributed by atoms with Gasteiger partial charge in [-0.25, -0.2) is 9.13 Å². The zero-order valence-corrected chi connectivity index (χ0v) is 53.0. The first kappa shape index (κ1) is 78.1. The summed E-state index contributed by atoms with van der Waals surface area (Å²) in [4.78, 5) is 71.9. The van der Waals surface area contributed by atoms with Crippen molar-refractivity contribution in [1.82, 2.24) is 0 Å². The molecule has 0 bridgehead atoms. The molecule has 0 aromatic heterocycles. The minimum atomic E-state index is -4.94. The molecule has 0 heterocycles. The molecule has 474 valence electrons. The Morgan fingerprint density at radius 2 is 0.575 bits per heavy atom. The molecular formula is C61H118O17P2. The Bertz CT molecular complexity index is 1570. The predicted octanol–water partition coefficient (Wildman–Crippen LogP) is 16.6. The second-order valence-electron chi connectivity index (χ2n) is 22.6. The summed E-state index contributed by atoms with van der Waals surface area (Å²) in [5, 5.41) is 10.5. The minimum Gasteiger partial charge on any atom is -0.462 e. The number of phosphoric ester groups is 2. The van der Waals surface area contributed by atoms with Crippen molar-refractivity contribution in [3.05, 3.63) is 0 Å². The molecule has 0 aliphatic rings. The largest absolute Gasteiger partial charge is 0.472 e. The van der Waals surface area contributed by atoms with E-state index in [0.29, 0.717) is 25.7 Å². The molecule has 0 saturated heterocycles. The summed E-state index contributed by atoms with van der Waals surface area (Å²) in [6.45, 7) is 7.10. The standard InChI is InChI=1S/C61H118O17P2/c1-6-9-12-15-18-21-22-26-30-35-40-45-59(64)72-51-57(78-61(66)47-42-37-32-27-23-25-28-33-38-43-54(4)5)53-76-80(69,70)74-49-55(62)48-73-79(67,68)75-52-56(50-71-58(63)44-39-34-29-20-17-14-11-8-3)77-60(65)46-41-36-31-24-19-16-13-10-7-2/h54-57,62H,6-53H2,1-5H3,(H,67,68)(H,69,70)/t55-,56+,57+/m0/s1. The second-order valence-corrected chi connectivity index (χ2v) is 25.5. The van der Waals surface area contributed by atoms with Crippen molar-refractivity contribution in [3.8, 4) is 0 Å². The van der Waals surface area contributed by atoms with Crippen LogP contribution in [-0.2, 0) is 65.4 Å². The lowest BCUT2D eigenvalue weighted by Gasteiger charge is -2.21. The van der Waals surface area contributed by atoms with Crippen molar-refractivity contribution >= 4 is 39.5 Å². The predicted molar refractivity (Wildman–Crippen MR) is 317 cm³/mol. The fourth-order valence-electron chi connectivity index (χ4n) is 9.05. The lowest BCUT2D eigenvalue weighted by Crippen LogP contribution is -2.30. The fraction of sp³-hybridized carbons (Fsp3) is 0.934. The molecule has 17 nitrogen and oxygen atoms in total. The normalized spacial score (nSPS) is 14.3. The first-order valence-electron chi connectivity index (χ1n) is 32.1. The van der Waals surface area contributed by atoms with E-state index in [4.69, 9.17) is 37.0 Å². The molecule has 2 unspecified atom stereocenters. The van der Waals surface area contributed by atoms with Crippen LogP contribution in [0.5, 0.6) is 0 Å². The van der Waals surface area contributed by atoms with Crippen molar-refractivity contribution in [3.63, 3.8) is 0 Å². The maximum absolute atomic E-state index is 12.9. The molecule has 80 heavy (non-hydrogen) atoms. The summed E-state index contributed by atoms with van der Waals surface area (Å²) < 4.78 is 67.8. The Hall–Kier alpha value is -1.94. The number of rotatable bonds is 61. The molecule has 0 aliphatic carbocycles. The Kier molecular flexibility index (Phi) is 53.6. The summed E-state index contributed by atoms with van der Waals surface area (Å²) in [5.41, 5.74) is 0. The van der Waals surface area contributed by atoms with Crippen molar-refractivity contribution in [2.75, 3.05) is 39.6 Å². The number of ether oxygens (including phenoxy) is 4. The number of phosphoric acid groups is 2. The van der Waals surface area contributed by atoms with E-state index in [9.17, 15) is 43.2 Å². The van der Waals surface area contributed by atoms with Crippen molar-refractivity contribution in [2.45, 2.75) is 323 Å². The van der Waals surface area contributed by atoms with Gasteiger partial charge in [0.15, 0.2) is 12.2 Å². The van der Waals surface area contributed by atoms with Gasteiger partial charge in [-0.15, -0.1) is 0 Å². The van der Waals surface area contributed by atoms with Gasteiger partial charge in [-0.1, -0.05) is 253 Å². The van der Waals surface area contributed by atoms with Gasteiger partial charge in [0.1, 0.15) is 19.3 Å². The third kappa shape index (κ3) is 55.3. The summed E-state index contributed by atoms with van der Waals surface area (Å²) in [6.07, 6.45) is 37.6. The lowest BCUT2D eigenvalue weighted by atomic mass is 10.0. The van der Waals surface area contributed by atoms with Crippen LogP contribution in [0.2, 0.25) is 0 Å². The topological polar surface area (TPSA) is 237 Å². The van der Waals surface area contributed by atoms with Gasteiger partial charge in [0.25, 0.3) is 0 Å². The number of unbranched alkanes of at least 4 members (excludes halogenated alkanes) is 33. The Morgan fingerprint density at radius 1 is 0.338 bits per heavy atom. The molecule has 0 aromatic carbocycles. The maximum Gasteiger partial charge on any atom is 0.472 e. The van der Waals surface area contributed by atoms with Crippen LogP contribution in [0.25, 0.3) is 0 Å². The van der Waals surface area contributed by atoms with Crippen molar-refractivity contribution in [2.24, 2.45) is 5.92 Å². The zero-order valence-electron chi connectivity index (χ0n) is 51.2. The highest BCUT2D eigenvalue weighted by molar-refractivity contribution is 7.47. The molecule has 19 heteroatoms. The zero-order chi connectivity index (χ0) is 59.2. The third-order valence-corrected chi connectivity index (χ3v) is 15.9. The molecule has 0 fully saturated rings. The average Bonchev–Trinajstić information content (AvgIpc) is 3.42. The molecule has 0 aliphatic heterocycles. The molecule has 0 saturated carbocycles. The van der Waals surface area contributed by atoms with Crippen molar-refractivity contribution < 1.29 is 80.2 Å². The highest BCUT2D eigenvalue weighted by Gasteiger charge is 2.30. The monoisotopic (exact) mass is 1180 g/mol. The van der Waals surface area contributed by atoms with E-state index >= 15 is 0 Å². The molecule has 3 N–H and O–H groups in total. The van der Waals surface area contributed by atoms with Crippen LogP contribution in [-0.4, -0.2) is 96.7 Å². The van der Waals surface area contributed by atoms with Gasteiger partial charge in [-0.3, -0.25) is 37.3 Å². The molecule has 0 radical (unpaired) electrons. The number of carbonyl (C=O) groups excluding carboxylic acids is 4. The molecule has 0 aromatic rings. The number of carbonyl (C=O) groups is 4. The molecule has 0 amide bonds. The first-order chi connectivity index (χ1) is 38.5. The highest BCUT2D eigenvalue weighted by Crippen LogP contribution is 2.45. The molecular weight excluding hydrogens is 1070 g/mol. The van der Waals surface area contributed by atoms with Gasteiger partial charge in [0.2, 0.25) is 0 Å². The highest BCUT2D eigenvalue weighted by atomic mass is 31.2. The maximum atomic E-state index is 12.9. The van der Waals surface area contributed by atoms with Gasteiger partial charge in [-0.2, -0.15) is 0 Å². The smallest absolute Gasteiger partial charge is 0.462 e. The van der Waals surface area contributed by atoms with Gasteiger partial charge in [0.05, 0.1) is 26.4 Å². The van der Waals surface area contributed by atoms with E-state index < -0.39 is 97.5 Å². The van der Waals surface area contributed by atoms with Gasteiger partial charge in [-0.05, 0) is 31.6 Å². The number of hydrogen-bond donors (Lipinski definition) is 3. The summed E-state index contributed by atoms with van der Waals surface area (Å²) in [7, 11) is -9.87. The van der Waals surface area contributed by atoms with Crippen LogP contribution in [0.1, 0.15) is 304 Å². The van der Waals surface area contributed by atoms with E-state index in [0.717, 1.165) is 102 Å². The Balaban J connectivity index is 5.22. The van der Waals surface area contributed by atoms with E-state index in [2.05, 4.69) is 34.6 Å². The molecule has 0 spiro atoms. The number of aliphatic hydroxyl groups is 1. The van der Waals surface area contributed by atoms with E-state index in [1.807, 2.05) is 0 Å². The van der Waals surface area contributed by atoms with Crippen LogP contribution in [0.3, 0.4) is 0 Å². The Labute approximate surface area is 486 Å². The van der Waals surface area contributed by atoms with Crippen LogP contribution < -0.4 is 0 Å². The number of hydrogen-bond acceptors (Lipinski definition) is 15. The minimum absolute atomic E-state index is 0.106. The SMILES string of the molecule is CCCCCCCCCCCCCC(=O)OC[C@H](COP(=O)(O)OC[C@@H](O)COP(=O)(O)OC[C@@H](COC(=O)CCCCCCCCCC)OC(=O)CCCCCCCCCCC)OC(=O)CCCCCCCCCCCC(C)C. The summed E-state index contributed by atoms with van der Waals surface area (Å²) in [6, 6.07) is 0. The second kappa shape index (κ2) is 55.0. The molecule has 5 atom stereocenters. The van der Waals surface area contributed by atoms with Crippen molar-refractivity contribution in [1.29, 1.82) is 0 Å². The van der Waals surface area contributed by atoms with E-state index in [1.54, 1.807) is 0 Å². The van der Waals surface area contributed by atoms with Crippen LogP contribution in [0.15, 0.2) is 0 Å². The summed E-state index contributed by atoms with van der Waals surface area (Å²) in [5.74, 6) is -1.40. The Morgan fingerprint density at radius 3 is 0.850 bits per heavy atom. The van der Waals surface area contributed by atoms with Crippen LogP contribution >= 0.6 is 15.6 Å². The summed E-state index contributed by atoms with van der Waals surface area (Å²) >= 11 is 0. The average molecular weight is 1190 g/mol. The van der Waals surface area contributed by atoms with Crippen LogP contribution in [0, 0.1) is 5.92 Å². The van der Waals surface area contributed by atoms with E-state index in [-0.39, 0.29) is 25.7 Å². The van der Waals surface area contributed by atoms with E-state index in [1.165, 1.54) is 122 Å². The van der Waals surface area contributed by atoms with Gasteiger partial charge >= 0.3 is 39.5 Å². The van der Waals surface area contributed by atoms with Gasteiger partial charge in [0, 0.05) is 25.7 Å². The third-order valence-electron chi connectivity index (χ3n) is 14.0. The molecule has 0 rings (SSSR count). The quantitative estimate of drug-likeness (QED) is 0.0222. The fourth-order valence-corrected chi connectivity index (χ4v) is 10.6. The van der Waals surface area contributed by atoms with Gasteiger partial charge < -0.3 is 33.8 Å². The number of aliphatic hydroxyl groups excluding tert-OH is 1. The van der Waals surface area contributed by atoms with Crippen LogP contribution in [0.4, 0.5) is 0 Å².